The Bertz CT molecular complexity index is 554. The third-order valence-electron chi connectivity index (χ3n) is 4.32. The Morgan fingerprint density at radius 1 is 1.32 bits per heavy atom. The van der Waals surface area contributed by atoms with Crippen LogP contribution in [0.15, 0.2) is 23.1 Å². The topological polar surface area (TPSA) is 35.6 Å². The third kappa shape index (κ3) is 3.70. The van der Waals surface area contributed by atoms with Crippen LogP contribution in [-0.2, 0) is 0 Å². The van der Waals surface area contributed by atoms with Gasteiger partial charge in [0.05, 0.1) is 6.04 Å². The average Bonchev–Trinajstić information content (AvgIpc) is 2.72. The zero-order valence-electron chi connectivity index (χ0n) is 12.8. The maximum atomic E-state index is 12.6. The Hall–Kier alpha value is -0.910. The van der Waals surface area contributed by atoms with Crippen molar-refractivity contribution in [1.82, 2.24) is 15.1 Å². The number of hydrogen-bond donors (Lipinski definition) is 1. The molecular formula is C16H22ClN3OS. The lowest BCUT2D eigenvalue weighted by atomic mass is 10.0. The molecule has 0 aliphatic carbocycles. The Kier molecular flexibility index (Phi) is 5.16. The lowest BCUT2D eigenvalue weighted by molar-refractivity contribution is 0.195. The molecule has 1 fully saturated rings. The molecule has 0 aromatic heterocycles. The average molecular weight is 340 g/mol. The van der Waals surface area contributed by atoms with Gasteiger partial charge in [0.2, 0.25) is 0 Å². The number of amides is 2. The van der Waals surface area contributed by atoms with Gasteiger partial charge < -0.3 is 15.1 Å². The predicted molar refractivity (Wildman–Crippen MR) is 91.8 cm³/mol. The SMILES string of the molecule is CN1CCCN(C(=O)N[C@H]2CCSc3ccc(Cl)cc32)CC1. The van der Waals surface area contributed by atoms with E-state index in [0.29, 0.717) is 0 Å². The molecule has 1 saturated heterocycles. The van der Waals surface area contributed by atoms with Gasteiger partial charge in [0, 0.05) is 35.3 Å². The Labute approximate surface area is 141 Å². The highest BCUT2D eigenvalue weighted by atomic mass is 35.5. The molecule has 0 radical (unpaired) electrons. The standard InChI is InChI=1S/C16H22ClN3OS/c1-19-6-2-7-20(9-8-19)16(21)18-14-5-10-22-15-4-3-12(17)11-13(14)15/h3-4,11,14H,2,5-10H2,1H3,(H,18,21)/t14-/m0/s1. The van der Waals surface area contributed by atoms with E-state index in [4.69, 9.17) is 11.6 Å². The van der Waals surface area contributed by atoms with E-state index < -0.39 is 0 Å². The zero-order valence-corrected chi connectivity index (χ0v) is 14.4. The van der Waals surface area contributed by atoms with E-state index in [-0.39, 0.29) is 12.1 Å². The van der Waals surface area contributed by atoms with Crippen molar-refractivity contribution in [3.05, 3.63) is 28.8 Å². The van der Waals surface area contributed by atoms with Gasteiger partial charge in [-0.05, 0) is 50.2 Å². The van der Waals surface area contributed by atoms with E-state index >= 15 is 0 Å². The fraction of sp³-hybridized carbons (Fsp3) is 0.562. The Balaban J connectivity index is 1.68. The van der Waals surface area contributed by atoms with Crippen LogP contribution in [0.1, 0.15) is 24.4 Å². The van der Waals surface area contributed by atoms with Crippen LogP contribution in [0.4, 0.5) is 4.79 Å². The molecule has 3 rings (SSSR count). The quantitative estimate of drug-likeness (QED) is 0.853. The summed E-state index contributed by atoms with van der Waals surface area (Å²) in [5.74, 6) is 1.03. The van der Waals surface area contributed by atoms with E-state index in [1.54, 1.807) is 0 Å². The summed E-state index contributed by atoms with van der Waals surface area (Å²) in [7, 11) is 2.11. The minimum absolute atomic E-state index is 0.0538. The summed E-state index contributed by atoms with van der Waals surface area (Å²) in [5.41, 5.74) is 1.16. The highest BCUT2D eigenvalue weighted by molar-refractivity contribution is 7.99. The molecular weight excluding hydrogens is 318 g/mol. The minimum atomic E-state index is 0.0538. The Morgan fingerprint density at radius 3 is 3.05 bits per heavy atom. The monoisotopic (exact) mass is 339 g/mol. The molecule has 2 heterocycles. The highest BCUT2D eigenvalue weighted by Crippen LogP contribution is 2.37. The van der Waals surface area contributed by atoms with Crippen LogP contribution in [-0.4, -0.2) is 54.8 Å². The molecule has 2 aliphatic heterocycles. The maximum absolute atomic E-state index is 12.6. The highest BCUT2D eigenvalue weighted by Gasteiger charge is 2.25. The number of hydrogen-bond acceptors (Lipinski definition) is 3. The van der Waals surface area contributed by atoms with Crippen LogP contribution in [0.3, 0.4) is 0 Å². The number of fused-ring (bicyclic) bond motifs is 1. The second-order valence-electron chi connectivity index (χ2n) is 5.97. The second kappa shape index (κ2) is 7.11. The van der Waals surface area contributed by atoms with Crippen LogP contribution in [0.5, 0.6) is 0 Å². The zero-order chi connectivity index (χ0) is 15.5. The summed E-state index contributed by atoms with van der Waals surface area (Å²) >= 11 is 7.96. The fourth-order valence-electron chi connectivity index (χ4n) is 3.01. The smallest absolute Gasteiger partial charge is 0.317 e. The van der Waals surface area contributed by atoms with Gasteiger partial charge in [0.1, 0.15) is 0 Å². The first-order valence-corrected chi connectivity index (χ1v) is 9.16. The van der Waals surface area contributed by atoms with Gasteiger partial charge >= 0.3 is 6.03 Å². The van der Waals surface area contributed by atoms with E-state index in [1.165, 1.54) is 4.90 Å². The van der Waals surface area contributed by atoms with Crippen LogP contribution in [0.2, 0.25) is 5.02 Å². The van der Waals surface area contributed by atoms with Gasteiger partial charge in [0.25, 0.3) is 0 Å². The molecule has 120 valence electrons. The number of nitrogens with one attached hydrogen (secondary N) is 1. The number of nitrogens with zero attached hydrogens (tertiary/aromatic N) is 2. The number of rotatable bonds is 1. The third-order valence-corrected chi connectivity index (χ3v) is 5.67. The van der Waals surface area contributed by atoms with Gasteiger partial charge in [-0.2, -0.15) is 0 Å². The molecule has 1 aromatic carbocycles. The molecule has 6 heteroatoms. The van der Waals surface area contributed by atoms with E-state index in [1.807, 2.05) is 28.8 Å². The van der Waals surface area contributed by atoms with Crippen molar-refractivity contribution in [3.8, 4) is 0 Å². The number of carbonyl (C=O) groups is 1. The van der Waals surface area contributed by atoms with Crippen LogP contribution >= 0.6 is 23.4 Å². The molecule has 1 aromatic rings. The van der Waals surface area contributed by atoms with Gasteiger partial charge in [-0.1, -0.05) is 11.6 Å². The van der Waals surface area contributed by atoms with Crippen molar-refractivity contribution in [2.45, 2.75) is 23.8 Å². The van der Waals surface area contributed by atoms with Gasteiger partial charge in [-0.3, -0.25) is 0 Å². The van der Waals surface area contributed by atoms with Crippen LogP contribution < -0.4 is 5.32 Å². The molecule has 1 atom stereocenters. The summed E-state index contributed by atoms with van der Waals surface area (Å²) in [5, 5.41) is 3.94. The molecule has 1 N–H and O–H groups in total. The second-order valence-corrected chi connectivity index (χ2v) is 7.54. The van der Waals surface area contributed by atoms with Crippen molar-refractivity contribution >= 4 is 29.4 Å². The first kappa shape index (κ1) is 16.0. The minimum Gasteiger partial charge on any atom is -0.331 e. The van der Waals surface area contributed by atoms with Crippen LogP contribution in [0, 0.1) is 0 Å². The predicted octanol–water partition coefficient (Wildman–Crippen LogP) is 3.22. The summed E-state index contributed by atoms with van der Waals surface area (Å²) in [6.45, 7) is 3.63. The molecule has 22 heavy (non-hydrogen) atoms. The number of thioether (sulfide) groups is 1. The molecule has 2 amide bonds. The lowest BCUT2D eigenvalue weighted by Gasteiger charge is -2.29. The largest absolute Gasteiger partial charge is 0.331 e. The molecule has 0 spiro atoms. The van der Waals surface area contributed by atoms with Crippen LogP contribution in [0.25, 0.3) is 0 Å². The summed E-state index contributed by atoms with van der Waals surface area (Å²) in [6.07, 6.45) is 1.99. The Morgan fingerprint density at radius 2 is 2.18 bits per heavy atom. The molecule has 0 saturated carbocycles. The number of benzene rings is 1. The summed E-state index contributed by atoms with van der Waals surface area (Å²) in [4.78, 5) is 18.0. The number of carbonyl (C=O) groups excluding carboxylic acids is 1. The van der Waals surface area contributed by atoms with Crippen molar-refractivity contribution in [3.63, 3.8) is 0 Å². The van der Waals surface area contributed by atoms with E-state index in [9.17, 15) is 4.79 Å². The van der Waals surface area contributed by atoms with Crippen molar-refractivity contribution < 1.29 is 4.79 Å². The molecule has 2 aliphatic rings. The van der Waals surface area contributed by atoms with Crippen molar-refractivity contribution in [2.75, 3.05) is 39.0 Å². The molecule has 4 nitrogen and oxygen atoms in total. The van der Waals surface area contributed by atoms with Gasteiger partial charge in [-0.25, -0.2) is 4.79 Å². The number of halogens is 1. The van der Waals surface area contributed by atoms with Crippen molar-refractivity contribution in [1.29, 1.82) is 0 Å². The lowest BCUT2D eigenvalue weighted by Crippen LogP contribution is -2.43. The first-order chi connectivity index (χ1) is 10.6. The van der Waals surface area contributed by atoms with E-state index in [0.717, 1.165) is 55.4 Å². The van der Waals surface area contributed by atoms with Gasteiger partial charge in [0.15, 0.2) is 0 Å². The maximum Gasteiger partial charge on any atom is 0.317 e. The normalized spacial score (nSPS) is 22.8. The fourth-order valence-corrected chi connectivity index (χ4v) is 4.29. The number of urea groups is 1. The summed E-state index contributed by atoms with van der Waals surface area (Å²) in [6, 6.07) is 6.09. The molecule has 0 bridgehead atoms. The van der Waals surface area contributed by atoms with E-state index in [2.05, 4.69) is 23.3 Å². The number of likely N-dealkylation sites (N-methyl/N-ethyl adjacent to an activating group) is 1. The first-order valence-electron chi connectivity index (χ1n) is 7.80. The van der Waals surface area contributed by atoms with Crippen molar-refractivity contribution in [2.24, 2.45) is 0 Å². The molecule has 0 unspecified atom stereocenters. The summed E-state index contributed by atoms with van der Waals surface area (Å²) < 4.78 is 0. The van der Waals surface area contributed by atoms with Gasteiger partial charge in [-0.15, -0.1) is 11.8 Å².